The van der Waals surface area contributed by atoms with Gasteiger partial charge in [0.05, 0.1) is 0 Å². The number of carboxylic acid groups (broad SMARTS) is 1. The summed E-state index contributed by atoms with van der Waals surface area (Å²) in [6, 6.07) is 0. The van der Waals surface area contributed by atoms with Gasteiger partial charge in [0.2, 0.25) is 0 Å². The third-order valence-electron chi connectivity index (χ3n) is 0.865. The Morgan fingerprint density at radius 2 is 2.64 bits per heavy atom. The Morgan fingerprint density at radius 3 is 3.18 bits per heavy atom. The van der Waals surface area contributed by atoms with Crippen molar-refractivity contribution in [2.24, 2.45) is 0 Å². The number of hydrogen-bond donors (Lipinski definition) is 2. The molecule has 1 aromatic rings. The van der Waals surface area contributed by atoms with E-state index in [1.807, 2.05) is 0 Å². The first kappa shape index (κ1) is 7.74. The molecule has 0 fully saturated rings. The highest BCUT2D eigenvalue weighted by molar-refractivity contribution is 7.13. The molecule has 0 aliphatic carbocycles. The van der Waals surface area contributed by atoms with Gasteiger partial charge in [-0.3, -0.25) is 0 Å². The van der Waals surface area contributed by atoms with Gasteiger partial charge in [-0.25, -0.2) is 9.78 Å². The van der Waals surface area contributed by atoms with E-state index in [2.05, 4.69) is 10.3 Å². The maximum atomic E-state index is 9.98. The number of aliphatic carboxylic acids is 1. The number of aromatic nitrogens is 1. The van der Waals surface area contributed by atoms with Gasteiger partial charge in [0, 0.05) is 23.9 Å². The summed E-state index contributed by atoms with van der Waals surface area (Å²) >= 11 is 1.41. The van der Waals surface area contributed by atoms with Crippen molar-refractivity contribution in [3.8, 4) is 0 Å². The smallest absolute Gasteiger partial charge is 0.329 e. The Labute approximate surface area is 67.2 Å². The van der Waals surface area contributed by atoms with Crippen LogP contribution in [-0.2, 0) is 4.79 Å². The summed E-state index contributed by atoms with van der Waals surface area (Å²) in [5.74, 6) is -0.978. The van der Waals surface area contributed by atoms with Crippen molar-refractivity contribution in [1.82, 2.24) is 4.98 Å². The van der Waals surface area contributed by atoms with E-state index in [0.29, 0.717) is 5.13 Å². The van der Waals surface area contributed by atoms with Crippen LogP contribution in [0.25, 0.3) is 0 Å². The monoisotopic (exact) mass is 170 g/mol. The summed E-state index contributed by atoms with van der Waals surface area (Å²) < 4.78 is 0. The highest BCUT2D eigenvalue weighted by Gasteiger charge is 1.88. The standard InChI is InChI=1S/C6H6N2O2S/c9-5(10)1-2-7-6-8-3-4-11-6/h1-4H,(H,7,8)(H,9,10)/b2-1+. The molecule has 58 valence electrons. The Hall–Kier alpha value is -1.36. The lowest BCUT2D eigenvalue weighted by molar-refractivity contribution is -0.131. The molecule has 0 saturated carbocycles. The number of hydrogen-bond acceptors (Lipinski definition) is 4. The first-order valence-electron chi connectivity index (χ1n) is 2.84. The van der Waals surface area contributed by atoms with Gasteiger partial charge in [-0.05, 0) is 0 Å². The second kappa shape index (κ2) is 3.72. The average Bonchev–Trinajstić information content (AvgIpc) is 2.39. The molecule has 0 atom stereocenters. The normalized spacial score (nSPS) is 10.2. The molecule has 5 heteroatoms. The van der Waals surface area contributed by atoms with Gasteiger partial charge in [-0.1, -0.05) is 0 Å². The summed E-state index contributed by atoms with van der Waals surface area (Å²) in [6.07, 6.45) is 3.99. The quantitative estimate of drug-likeness (QED) is 0.668. The average molecular weight is 170 g/mol. The molecule has 0 bridgehead atoms. The Morgan fingerprint density at radius 1 is 1.82 bits per heavy atom. The minimum atomic E-state index is -0.978. The maximum absolute atomic E-state index is 9.98. The number of carbonyl (C=O) groups is 1. The van der Waals surface area contributed by atoms with Crippen molar-refractivity contribution in [3.05, 3.63) is 23.9 Å². The van der Waals surface area contributed by atoms with Crippen LogP contribution in [0.3, 0.4) is 0 Å². The number of thiazole rings is 1. The molecule has 2 N–H and O–H groups in total. The van der Waals surface area contributed by atoms with Crippen molar-refractivity contribution in [3.63, 3.8) is 0 Å². The van der Waals surface area contributed by atoms with Gasteiger partial charge in [-0.2, -0.15) is 0 Å². The fourth-order valence-electron chi connectivity index (χ4n) is 0.479. The van der Waals surface area contributed by atoms with Crippen molar-refractivity contribution in [2.45, 2.75) is 0 Å². The molecule has 1 heterocycles. The molecule has 0 radical (unpaired) electrons. The lowest BCUT2D eigenvalue weighted by Gasteiger charge is -1.89. The van der Waals surface area contributed by atoms with Gasteiger partial charge in [0.25, 0.3) is 0 Å². The third-order valence-corrected chi connectivity index (χ3v) is 1.57. The predicted molar refractivity (Wildman–Crippen MR) is 42.5 cm³/mol. The van der Waals surface area contributed by atoms with E-state index in [0.717, 1.165) is 6.08 Å². The summed E-state index contributed by atoms with van der Waals surface area (Å²) in [7, 11) is 0. The molecule has 0 aliphatic heterocycles. The predicted octanol–water partition coefficient (Wildman–Crippen LogP) is 1.15. The van der Waals surface area contributed by atoms with E-state index in [9.17, 15) is 4.79 Å². The molecular weight excluding hydrogens is 164 g/mol. The molecule has 1 rings (SSSR count). The van der Waals surface area contributed by atoms with Crippen LogP contribution < -0.4 is 5.32 Å². The van der Waals surface area contributed by atoms with Crippen molar-refractivity contribution in [2.75, 3.05) is 5.32 Å². The number of carboxylic acids is 1. The summed E-state index contributed by atoms with van der Waals surface area (Å²) in [5, 5.41) is 13.4. The first-order chi connectivity index (χ1) is 5.29. The lowest BCUT2D eigenvalue weighted by Crippen LogP contribution is -1.91. The van der Waals surface area contributed by atoms with Crippen molar-refractivity contribution < 1.29 is 9.90 Å². The fraction of sp³-hybridized carbons (Fsp3) is 0. The van der Waals surface area contributed by atoms with E-state index >= 15 is 0 Å². The number of rotatable bonds is 3. The van der Waals surface area contributed by atoms with Gasteiger partial charge >= 0.3 is 5.97 Å². The van der Waals surface area contributed by atoms with Gasteiger partial charge < -0.3 is 10.4 Å². The largest absolute Gasteiger partial charge is 0.478 e. The minimum Gasteiger partial charge on any atom is -0.478 e. The number of nitrogens with one attached hydrogen (secondary N) is 1. The van der Waals surface area contributed by atoms with E-state index in [1.165, 1.54) is 17.5 Å². The van der Waals surface area contributed by atoms with Gasteiger partial charge in [0.15, 0.2) is 5.13 Å². The molecule has 0 spiro atoms. The zero-order chi connectivity index (χ0) is 8.10. The Balaban J connectivity index is 2.40. The highest BCUT2D eigenvalue weighted by atomic mass is 32.1. The van der Waals surface area contributed by atoms with E-state index in [-0.39, 0.29) is 0 Å². The van der Waals surface area contributed by atoms with Crippen LogP contribution >= 0.6 is 11.3 Å². The van der Waals surface area contributed by atoms with Crippen LogP contribution in [0.4, 0.5) is 5.13 Å². The van der Waals surface area contributed by atoms with E-state index in [4.69, 9.17) is 5.11 Å². The van der Waals surface area contributed by atoms with Crippen LogP contribution in [0.5, 0.6) is 0 Å². The topological polar surface area (TPSA) is 62.2 Å². The zero-order valence-electron chi connectivity index (χ0n) is 5.52. The highest BCUT2D eigenvalue weighted by Crippen LogP contribution is 2.09. The SMILES string of the molecule is O=C(O)/C=C/Nc1nccs1. The molecule has 0 aliphatic rings. The van der Waals surface area contributed by atoms with Crippen LogP contribution in [0.1, 0.15) is 0 Å². The van der Waals surface area contributed by atoms with Crippen LogP contribution in [0.15, 0.2) is 23.9 Å². The molecule has 0 amide bonds. The molecule has 4 nitrogen and oxygen atoms in total. The second-order valence-electron chi connectivity index (χ2n) is 1.65. The minimum absolute atomic E-state index is 0.683. The Bertz CT molecular complexity index is 256. The lowest BCUT2D eigenvalue weighted by atomic mass is 10.6. The molecule has 0 unspecified atom stereocenters. The molecular formula is C6H6N2O2S. The molecule has 0 saturated heterocycles. The van der Waals surface area contributed by atoms with Crippen LogP contribution in [0.2, 0.25) is 0 Å². The number of anilines is 1. The molecule has 1 aromatic heterocycles. The summed E-state index contributed by atoms with van der Waals surface area (Å²) in [5.41, 5.74) is 0. The van der Waals surface area contributed by atoms with Gasteiger partial charge in [0.1, 0.15) is 0 Å². The number of nitrogens with zero attached hydrogens (tertiary/aromatic N) is 1. The zero-order valence-corrected chi connectivity index (χ0v) is 6.34. The molecule has 11 heavy (non-hydrogen) atoms. The van der Waals surface area contributed by atoms with Crippen molar-refractivity contribution in [1.29, 1.82) is 0 Å². The fourth-order valence-corrected chi connectivity index (χ4v) is 0.987. The summed E-state index contributed by atoms with van der Waals surface area (Å²) in [6.45, 7) is 0. The van der Waals surface area contributed by atoms with Crippen LogP contribution in [0, 0.1) is 0 Å². The van der Waals surface area contributed by atoms with Crippen molar-refractivity contribution >= 4 is 22.4 Å². The van der Waals surface area contributed by atoms with E-state index < -0.39 is 5.97 Å². The first-order valence-corrected chi connectivity index (χ1v) is 3.72. The summed E-state index contributed by atoms with van der Waals surface area (Å²) in [4.78, 5) is 13.9. The van der Waals surface area contributed by atoms with E-state index in [1.54, 1.807) is 11.6 Å². The second-order valence-corrected chi connectivity index (χ2v) is 2.55. The Kier molecular flexibility index (Phi) is 2.62. The van der Waals surface area contributed by atoms with Gasteiger partial charge in [-0.15, -0.1) is 11.3 Å². The maximum Gasteiger partial charge on any atom is 0.329 e. The molecule has 0 aromatic carbocycles. The third kappa shape index (κ3) is 2.81. The van der Waals surface area contributed by atoms with Crippen LogP contribution in [-0.4, -0.2) is 16.1 Å².